The fourth-order valence-corrected chi connectivity index (χ4v) is 5.06. The van der Waals surface area contributed by atoms with Crippen molar-refractivity contribution >= 4 is 71.3 Å². The van der Waals surface area contributed by atoms with E-state index in [2.05, 4.69) is 19.5 Å². The van der Waals surface area contributed by atoms with Gasteiger partial charge in [-0.3, -0.25) is 0 Å². The van der Waals surface area contributed by atoms with E-state index in [1.54, 1.807) is 0 Å². The molecule has 0 aromatic heterocycles. The molecule has 0 saturated carbocycles. The smallest absolute Gasteiger partial charge is 0.344 e. The van der Waals surface area contributed by atoms with Gasteiger partial charge in [-0.2, -0.15) is 9.98 Å². The van der Waals surface area contributed by atoms with Crippen molar-refractivity contribution in [1.82, 2.24) is 0 Å². The molecule has 0 aliphatic rings. The van der Waals surface area contributed by atoms with Crippen LogP contribution in [0.1, 0.15) is 41.4 Å². The summed E-state index contributed by atoms with van der Waals surface area (Å²) < 4.78 is 50.4. The average Bonchev–Trinajstić information content (AvgIpc) is 3.36. The van der Waals surface area contributed by atoms with E-state index < -0.39 is 106 Å². The normalized spacial score (nSPS) is 10.1. The van der Waals surface area contributed by atoms with Gasteiger partial charge in [0.1, 0.15) is 43.3 Å². The van der Waals surface area contributed by atoms with Crippen molar-refractivity contribution < 1.29 is 95.3 Å². The Labute approximate surface area is 388 Å². The van der Waals surface area contributed by atoms with Crippen molar-refractivity contribution in [2.24, 2.45) is 15.4 Å². The van der Waals surface area contributed by atoms with Gasteiger partial charge in [-0.25, -0.2) is 47.9 Å². The SMILES string of the molecule is N#COc1ccc(C(=O)OCC(=O)OCC(COC(=O)COC(=O)c2ccc(N=C=O)cc2)(COC(=O)COC(=O)c2ccc(N=C=O)cc2)COC(=O)COC(=O)c2ccc(OC#N)cc2)cc1. The van der Waals surface area contributed by atoms with E-state index in [1.165, 1.54) is 122 Å². The summed E-state index contributed by atoms with van der Waals surface area (Å²) in [6.45, 7) is -7.89. The molecule has 0 radical (unpaired) electrons. The van der Waals surface area contributed by atoms with E-state index in [1.807, 2.05) is 0 Å². The zero-order valence-corrected chi connectivity index (χ0v) is 35.3. The second-order valence-electron chi connectivity index (χ2n) is 13.4. The van der Waals surface area contributed by atoms with Crippen molar-refractivity contribution in [3.05, 3.63) is 119 Å². The summed E-state index contributed by atoms with van der Waals surface area (Å²) in [5, 5.41) is 17.3. The Morgan fingerprint density at radius 1 is 0.391 bits per heavy atom. The molecule has 0 unspecified atom stereocenters. The highest BCUT2D eigenvalue weighted by Crippen LogP contribution is 2.23. The maximum atomic E-state index is 13.0. The second-order valence-corrected chi connectivity index (χ2v) is 13.4. The number of carbonyl (C=O) groups is 8. The first-order valence-electron chi connectivity index (χ1n) is 19.3. The van der Waals surface area contributed by atoms with Gasteiger partial charge in [-0.1, -0.05) is 0 Å². The maximum Gasteiger partial charge on any atom is 0.344 e. The number of hydrogen-bond acceptors (Lipinski definition) is 24. The standard InChI is InChI=1S/C45H32N4O20/c46-25-68-35-13-5-31(6-14-35)43(58)62-19-39(54)66-23-45(21-64-37(52)17-60-41(56)29-1-9-33(10-2-29)48-27-50,22-65-38(53)18-61-42(57)30-3-11-34(12-4-30)49-28-51)24-67-40(55)20-63-44(59)32-7-15-36(16-8-32)69-26-47/h1-16H,17-24H2. The molecule has 0 aliphatic carbocycles. The minimum atomic E-state index is -2.07. The van der Waals surface area contributed by atoms with Crippen molar-refractivity contribution in [2.75, 3.05) is 52.9 Å². The molecule has 0 saturated heterocycles. The Morgan fingerprint density at radius 2 is 0.638 bits per heavy atom. The van der Waals surface area contributed by atoms with Gasteiger partial charge in [0.25, 0.3) is 12.5 Å². The molecule has 0 spiro atoms. The van der Waals surface area contributed by atoms with Gasteiger partial charge in [0, 0.05) is 0 Å². The highest BCUT2D eigenvalue weighted by molar-refractivity contribution is 5.93. The number of carbonyl (C=O) groups excluding carboxylic acids is 10. The highest BCUT2D eigenvalue weighted by Gasteiger charge is 2.38. The summed E-state index contributed by atoms with van der Waals surface area (Å²) in [5.74, 6) is -8.80. The minimum absolute atomic E-state index is 0.0611. The first-order chi connectivity index (χ1) is 33.3. The number of ether oxygens (including phenoxy) is 10. The molecule has 0 heterocycles. The molecule has 4 aromatic rings. The summed E-state index contributed by atoms with van der Waals surface area (Å²) in [7, 11) is 0. The van der Waals surface area contributed by atoms with E-state index in [4.69, 9.17) is 48.4 Å². The van der Waals surface area contributed by atoms with Gasteiger partial charge in [-0.15, -0.1) is 10.5 Å². The van der Waals surface area contributed by atoms with Gasteiger partial charge in [-0.05, 0) is 97.1 Å². The summed E-state index contributed by atoms with van der Waals surface area (Å²) >= 11 is 0. The number of nitriles is 2. The summed E-state index contributed by atoms with van der Waals surface area (Å²) in [6, 6.07) is 20.1. The molecule has 0 atom stereocenters. The van der Waals surface area contributed by atoms with Crippen molar-refractivity contribution in [3.63, 3.8) is 0 Å². The van der Waals surface area contributed by atoms with E-state index >= 15 is 0 Å². The largest absolute Gasteiger partial charge is 0.462 e. The first-order valence-corrected chi connectivity index (χ1v) is 19.3. The predicted molar refractivity (Wildman–Crippen MR) is 221 cm³/mol. The quantitative estimate of drug-likeness (QED) is 0.0320. The first kappa shape index (κ1) is 51.6. The van der Waals surface area contributed by atoms with Crippen molar-refractivity contribution in [2.45, 2.75) is 0 Å². The molecule has 0 fully saturated rings. The molecule has 0 bridgehead atoms. The zero-order chi connectivity index (χ0) is 50.0. The lowest BCUT2D eigenvalue weighted by atomic mass is 9.92. The van der Waals surface area contributed by atoms with Crippen LogP contribution in [0.5, 0.6) is 11.5 Å². The topological polar surface area (TPSA) is 335 Å². The van der Waals surface area contributed by atoms with Gasteiger partial charge in [0.05, 0.1) is 33.6 Å². The van der Waals surface area contributed by atoms with Crippen LogP contribution in [-0.2, 0) is 66.7 Å². The van der Waals surface area contributed by atoms with Gasteiger partial charge in [0.15, 0.2) is 26.4 Å². The monoisotopic (exact) mass is 948 g/mol. The third kappa shape index (κ3) is 17.5. The Bertz CT molecular complexity index is 2510. The fraction of sp³-hybridized carbons (Fsp3) is 0.200. The van der Waals surface area contributed by atoms with E-state index in [0.29, 0.717) is 0 Å². The Balaban J connectivity index is 1.51. The number of isocyanates is 2. The van der Waals surface area contributed by atoms with Crippen LogP contribution < -0.4 is 9.47 Å². The van der Waals surface area contributed by atoms with Crippen LogP contribution in [0.15, 0.2) is 107 Å². The van der Waals surface area contributed by atoms with Crippen LogP contribution in [0, 0.1) is 28.4 Å². The zero-order valence-electron chi connectivity index (χ0n) is 35.3. The van der Waals surface area contributed by atoms with Crippen molar-refractivity contribution in [3.8, 4) is 24.0 Å². The molecule has 69 heavy (non-hydrogen) atoms. The summed E-state index contributed by atoms with van der Waals surface area (Å²) in [6.07, 6.45) is 5.57. The number of hydrogen-bond donors (Lipinski definition) is 0. The van der Waals surface area contributed by atoms with Gasteiger partial charge in [0.2, 0.25) is 12.2 Å². The van der Waals surface area contributed by atoms with E-state index in [0.717, 1.165) is 0 Å². The molecule has 24 nitrogen and oxygen atoms in total. The molecule has 4 rings (SSSR count). The number of rotatable bonds is 24. The lowest BCUT2D eigenvalue weighted by molar-refractivity contribution is -0.174. The number of benzene rings is 4. The van der Waals surface area contributed by atoms with Crippen LogP contribution in [0.3, 0.4) is 0 Å². The lowest BCUT2D eigenvalue weighted by Gasteiger charge is -2.31. The predicted octanol–water partition coefficient (Wildman–Crippen LogP) is 3.23. The van der Waals surface area contributed by atoms with Crippen LogP contribution >= 0.6 is 0 Å². The molecule has 24 heteroatoms. The molecule has 0 N–H and O–H groups in total. The highest BCUT2D eigenvalue weighted by atomic mass is 16.6. The van der Waals surface area contributed by atoms with Crippen LogP contribution in [0.2, 0.25) is 0 Å². The van der Waals surface area contributed by atoms with Crippen LogP contribution in [0.4, 0.5) is 11.4 Å². The third-order valence-corrected chi connectivity index (χ3v) is 8.50. The average molecular weight is 949 g/mol. The molecule has 0 amide bonds. The van der Waals surface area contributed by atoms with E-state index in [9.17, 15) is 47.9 Å². The molecular weight excluding hydrogens is 917 g/mol. The number of nitrogens with zero attached hydrogens (tertiary/aromatic N) is 4. The second kappa shape index (κ2) is 26.7. The number of esters is 8. The lowest BCUT2D eigenvalue weighted by Crippen LogP contribution is -2.45. The Hall–Kier alpha value is -10.0. The molecule has 0 aliphatic heterocycles. The molecular formula is C45H32N4O20. The fourth-order valence-electron chi connectivity index (χ4n) is 5.06. The van der Waals surface area contributed by atoms with Gasteiger partial charge >= 0.3 is 47.8 Å². The van der Waals surface area contributed by atoms with E-state index in [-0.39, 0.29) is 45.1 Å². The molecule has 4 aromatic carbocycles. The minimum Gasteiger partial charge on any atom is -0.462 e. The summed E-state index contributed by atoms with van der Waals surface area (Å²) in [5.41, 5.74) is -1.98. The Morgan fingerprint density at radius 3 is 0.870 bits per heavy atom. The molecule has 352 valence electrons. The summed E-state index contributed by atoms with van der Waals surface area (Å²) in [4.78, 5) is 130. The van der Waals surface area contributed by atoms with Crippen LogP contribution in [0.25, 0.3) is 0 Å². The maximum absolute atomic E-state index is 13.0. The van der Waals surface area contributed by atoms with Crippen LogP contribution in [-0.4, -0.2) is 113 Å². The number of aliphatic imine (C=N–C) groups is 2. The third-order valence-electron chi connectivity index (χ3n) is 8.50. The van der Waals surface area contributed by atoms with Gasteiger partial charge < -0.3 is 47.4 Å². The Kier molecular flexibility index (Phi) is 20.0. The van der Waals surface area contributed by atoms with Crippen molar-refractivity contribution in [1.29, 1.82) is 10.5 Å².